The zero-order chi connectivity index (χ0) is 46.4. The maximum absolute atomic E-state index is 10.9. The molecular formula is C54H80N2O7S2. The van der Waals surface area contributed by atoms with Crippen molar-refractivity contribution in [3.63, 3.8) is 0 Å². The van der Waals surface area contributed by atoms with Crippen molar-refractivity contribution in [3.05, 3.63) is 119 Å². The largest absolute Gasteiger partial charge is 0.481 e. The zero-order valence-electron chi connectivity index (χ0n) is 39.2. The Bertz CT molecular complexity index is 1690. The summed E-state index contributed by atoms with van der Waals surface area (Å²) in [7, 11) is 0. The van der Waals surface area contributed by atoms with Crippen molar-refractivity contribution in [2.45, 2.75) is 188 Å². The Kier molecular flexibility index (Phi) is 30.2. The Morgan fingerprint density at radius 1 is 0.462 bits per heavy atom. The molecular weight excluding hydrogens is 853 g/mol. The number of benzene rings is 4. The standard InChI is InChI=1S/2C27H39NO3S.H2O/c2*1-2-3-4-5-6-7-8-10-21-13-15-22(16-14-21)27(25(29)11-9-12-26(30)31)32-24-19-17-23(28)18-20-24;/h2*13-20,25,27,29H,2-12,28H2,1H3,(H,30,31);1H2. The van der Waals surface area contributed by atoms with Crippen LogP contribution in [-0.4, -0.2) is 50.0 Å². The highest BCUT2D eigenvalue weighted by atomic mass is 32.2. The number of aliphatic hydroxyl groups excluding tert-OH is 2. The average molecular weight is 933 g/mol. The van der Waals surface area contributed by atoms with Gasteiger partial charge in [0.2, 0.25) is 0 Å². The molecule has 0 fully saturated rings. The normalized spacial score (nSPS) is 12.9. The van der Waals surface area contributed by atoms with E-state index in [-0.39, 0.29) is 28.8 Å². The van der Waals surface area contributed by atoms with Gasteiger partial charge < -0.3 is 37.4 Å². The number of hydrogen-bond acceptors (Lipinski definition) is 8. The number of carbonyl (C=O) groups is 2. The number of carboxylic acids is 2. The van der Waals surface area contributed by atoms with E-state index in [0.29, 0.717) is 37.1 Å². The summed E-state index contributed by atoms with van der Waals surface area (Å²) in [6, 6.07) is 32.5. The molecule has 9 nitrogen and oxygen atoms in total. The van der Waals surface area contributed by atoms with E-state index in [1.807, 2.05) is 48.5 Å². The molecule has 0 aliphatic rings. The van der Waals surface area contributed by atoms with Crippen molar-refractivity contribution >= 4 is 46.8 Å². The summed E-state index contributed by atoms with van der Waals surface area (Å²) in [6.45, 7) is 4.50. The van der Waals surface area contributed by atoms with Crippen LogP contribution in [0.2, 0.25) is 0 Å². The number of thioether (sulfide) groups is 2. The van der Waals surface area contributed by atoms with Gasteiger partial charge in [-0.05, 0) is 122 Å². The predicted octanol–water partition coefficient (Wildman–Crippen LogP) is 13.2. The fourth-order valence-corrected chi connectivity index (χ4v) is 10.0. The highest BCUT2D eigenvalue weighted by Gasteiger charge is 2.24. The Morgan fingerprint density at radius 3 is 1.08 bits per heavy atom. The van der Waals surface area contributed by atoms with Crippen molar-refractivity contribution in [2.24, 2.45) is 0 Å². The molecule has 0 heterocycles. The molecule has 0 amide bonds. The smallest absolute Gasteiger partial charge is 0.303 e. The number of hydrogen-bond donors (Lipinski definition) is 6. The number of aliphatic carboxylic acids is 2. The van der Waals surface area contributed by atoms with Gasteiger partial charge in [0.25, 0.3) is 0 Å². The van der Waals surface area contributed by atoms with Crippen LogP contribution in [0, 0.1) is 0 Å². The van der Waals surface area contributed by atoms with Crippen molar-refractivity contribution in [2.75, 3.05) is 11.5 Å². The van der Waals surface area contributed by atoms with Crippen molar-refractivity contribution in [1.82, 2.24) is 0 Å². The van der Waals surface area contributed by atoms with Crippen LogP contribution in [0.15, 0.2) is 107 Å². The maximum Gasteiger partial charge on any atom is 0.303 e. The summed E-state index contributed by atoms with van der Waals surface area (Å²) in [4.78, 5) is 23.8. The van der Waals surface area contributed by atoms with Gasteiger partial charge in [0, 0.05) is 34.0 Å². The van der Waals surface area contributed by atoms with Crippen molar-refractivity contribution < 1.29 is 35.5 Å². The molecule has 4 unspecified atom stereocenters. The molecule has 0 saturated heterocycles. The number of unbranched alkanes of at least 4 members (excludes halogenated alkanes) is 12. The second-order valence-electron chi connectivity index (χ2n) is 17.1. The molecule has 0 spiro atoms. The van der Waals surface area contributed by atoms with Gasteiger partial charge in [-0.3, -0.25) is 9.59 Å². The van der Waals surface area contributed by atoms with E-state index in [2.05, 4.69) is 62.4 Å². The van der Waals surface area contributed by atoms with Gasteiger partial charge in [-0.15, -0.1) is 23.5 Å². The number of aliphatic hydroxyl groups is 2. The monoisotopic (exact) mass is 933 g/mol. The fraction of sp³-hybridized carbons (Fsp3) is 0.519. The van der Waals surface area contributed by atoms with E-state index in [1.54, 1.807) is 23.5 Å². The van der Waals surface area contributed by atoms with Crippen LogP contribution in [0.3, 0.4) is 0 Å². The number of rotatable bonds is 32. The zero-order valence-corrected chi connectivity index (χ0v) is 40.8. The number of nitrogens with two attached hydrogens (primary N) is 2. The molecule has 4 aromatic carbocycles. The second kappa shape index (κ2) is 34.3. The van der Waals surface area contributed by atoms with Gasteiger partial charge >= 0.3 is 11.9 Å². The third kappa shape index (κ3) is 24.9. The van der Waals surface area contributed by atoms with Crippen molar-refractivity contribution in [1.29, 1.82) is 0 Å². The quantitative estimate of drug-likeness (QED) is 0.0156. The lowest BCUT2D eigenvalue weighted by Crippen LogP contribution is -2.16. The SMILES string of the molecule is CCCCCCCCCc1ccc(C(Sc2ccc(N)cc2)C(O)CCCC(=O)O)cc1.CCCCCCCCCc1ccc(C(Sc2ccc(N)cc2)C(O)CCCC(=O)O)cc1.O. The third-order valence-electron chi connectivity index (χ3n) is 11.5. The topological polar surface area (TPSA) is 199 Å². The summed E-state index contributed by atoms with van der Waals surface area (Å²) in [6.07, 6.45) is 21.2. The molecule has 0 radical (unpaired) electrons. The summed E-state index contributed by atoms with van der Waals surface area (Å²) >= 11 is 3.20. The molecule has 0 bridgehead atoms. The van der Waals surface area contributed by atoms with Gasteiger partial charge in [-0.2, -0.15) is 0 Å². The molecule has 4 aromatic rings. The number of aryl methyl sites for hydroxylation is 2. The third-order valence-corrected chi connectivity index (χ3v) is 14.3. The molecule has 360 valence electrons. The minimum absolute atomic E-state index is 0. The van der Waals surface area contributed by atoms with E-state index >= 15 is 0 Å². The van der Waals surface area contributed by atoms with Crippen LogP contribution in [0.25, 0.3) is 0 Å². The summed E-state index contributed by atoms with van der Waals surface area (Å²) in [5, 5.41) is 39.3. The van der Waals surface area contributed by atoms with E-state index in [9.17, 15) is 19.8 Å². The van der Waals surface area contributed by atoms with E-state index in [1.165, 1.54) is 101 Å². The lowest BCUT2D eigenvalue weighted by atomic mass is 9.99. The van der Waals surface area contributed by atoms with Crippen LogP contribution in [-0.2, 0) is 22.4 Å². The fourth-order valence-electron chi connectivity index (χ4n) is 7.67. The minimum atomic E-state index is -0.824. The molecule has 0 aliphatic carbocycles. The van der Waals surface area contributed by atoms with Crippen LogP contribution in [0.1, 0.15) is 175 Å². The highest BCUT2D eigenvalue weighted by molar-refractivity contribution is 7.99. The summed E-state index contributed by atoms with van der Waals surface area (Å²) in [5.41, 5.74) is 17.8. The molecule has 65 heavy (non-hydrogen) atoms. The van der Waals surface area contributed by atoms with E-state index in [0.717, 1.165) is 33.8 Å². The van der Waals surface area contributed by atoms with Gasteiger partial charge in [0.1, 0.15) is 0 Å². The predicted molar refractivity (Wildman–Crippen MR) is 274 cm³/mol. The first-order valence-corrected chi connectivity index (χ1v) is 25.8. The highest BCUT2D eigenvalue weighted by Crippen LogP contribution is 2.41. The molecule has 0 saturated carbocycles. The van der Waals surface area contributed by atoms with Crippen LogP contribution >= 0.6 is 23.5 Å². The second-order valence-corrected chi connectivity index (χ2v) is 19.6. The van der Waals surface area contributed by atoms with Crippen LogP contribution in [0.5, 0.6) is 0 Å². The number of anilines is 2. The summed E-state index contributed by atoms with van der Waals surface area (Å²) < 4.78 is 0. The molecule has 11 heteroatoms. The first-order valence-electron chi connectivity index (χ1n) is 24.0. The molecule has 0 aromatic heterocycles. The van der Waals surface area contributed by atoms with Gasteiger partial charge in [0.15, 0.2) is 0 Å². The van der Waals surface area contributed by atoms with E-state index < -0.39 is 24.1 Å². The summed E-state index contributed by atoms with van der Waals surface area (Å²) in [5.74, 6) is -1.65. The van der Waals surface area contributed by atoms with Crippen LogP contribution < -0.4 is 11.5 Å². The van der Waals surface area contributed by atoms with Crippen molar-refractivity contribution in [3.8, 4) is 0 Å². The first kappa shape index (κ1) is 57.1. The maximum atomic E-state index is 10.9. The molecule has 10 N–H and O–H groups in total. The van der Waals surface area contributed by atoms with Gasteiger partial charge in [-0.1, -0.05) is 139 Å². The molecule has 0 aliphatic heterocycles. The minimum Gasteiger partial charge on any atom is -0.481 e. The lowest BCUT2D eigenvalue weighted by Gasteiger charge is -2.23. The Hall–Kier alpha value is -4.00. The number of carboxylic acid groups (broad SMARTS) is 2. The van der Waals surface area contributed by atoms with Crippen LogP contribution in [0.4, 0.5) is 11.4 Å². The molecule has 4 atom stereocenters. The number of nitrogen functional groups attached to an aromatic ring is 2. The average Bonchev–Trinajstić information content (AvgIpc) is 3.28. The Labute approximate surface area is 398 Å². The lowest BCUT2D eigenvalue weighted by molar-refractivity contribution is -0.138. The Morgan fingerprint density at radius 2 is 0.769 bits per heavy atom. The van der Waals surface area contributed by atoms with Gasteiger partial charge in [0.05, 0.1) is 22.7 Å². The first-order chi connectivity index (χ1) is 31.0. The van der Waals surface area contributed by atoms with E-state index in [4.69, 9.17) is 21.7 Å². The molecule has 4 rings (SSSR count). The Balaban J connectivity index is 0.000000440. The van der Waals surface area contributed by atoms with Gasteiger partial charge in [-0.25, -0.2) is 0 Å².